The molecule has 0 aliphatic heterocycles. The molecule has 0 amide bonds. The molecule has 2 heterocycles. The fraction of sp³-hybridized carbons (Fsp3) is 0.545. The molecular formula is C11H13F3N6O. The molecular weight excluding hydrogens is 289 g/mol. The van der Waals surface area contributed by atoms with E-state index in [4.69, 9.17) is 10.8 Å². The Morgan fingerprint density at radius 1 is 1.43 bits per heavy atom. The van der Waals surface area contributed by atoms with E-state index in [0.29, 0.717) is 11.3 Å². The number of fused-ring (bicyclic) bond motifs is 1. The van der Waals surface area contributed by atoms with Crippen LogP contribution in [0.3, 0.4) is 0 Å². The number of nitrogens with two attached hydrogens (primary N) is 1. The Morgan fingerprint density at radius 3 is 2.76 bits per heavy atom. The van der Waals surface area contributed by atoms with Gasteiger partial charge in [0.1, 0.15) is 0 Å². The first kappa shape index (κ1) is 13.9. The summed E-state index contributed by atoms with van der Waals surface area (Å²) in [6, 6.07) is 0.286. The van der Waals surface area contributed by atoms with Crippen molar-refractivity contribution >= 4 is 22.9 Å². The minimum absolute atomic E-state index is 0.0612. The number of aliphatic hydroxyl groups is 1. The lowest BCUT2D eigenvalue weighted by molar-refractivity contribution is -0.207. The van der Waals surface area contributed by atoms with Gasteiger partial charge in [-0.2, -0.15) is 23.1 Å². The largest absolute Gasteiger partial charge is 0.416 e. The molecule has 1 atom stereocenters. The molecule has 1 aliphatic carbocycles. The van der Waals surface area contributed by atoms with Gasteiger partial charge in [0.15, 0.2) is 23.1 Å². The van der Waals surface area contributed by atoms with Crippen LogP contribution in [0.5, 0.6) is 0 Å². The molecule has 0 radical (unpaired) electrons. The zero-order valence-electron chi connectivity index (χ0n) is 10.8. The topological polar surface area (TPSA) is 102 Å². The highest BCUT2D eigenvalue weighted by molar-refractivity contribution is 5.84. The van der Waals surface area contributed by atoms with Crippen molar-refractivity contribution in [2.75, 3.05) is 11.1 Å². The van der Waals surface area contributed by atoms with E-state index in [2.05, 4.69) is 20.3 Å². The lowest BCUT2D eigenvalue weighted by atomic mass is 10.3. The average Bonchev–Trinajstić information content (AvgIpc) is 3.10. The van der Waals surface area contributed by atoms with E-state index in [9.17, 15) is 13.2 Å². The van der Waals surface area contributed by atoms with E-state index in [1.54, 1.807) is 0 Å². The van der Waals surface area contributed by atoms with Gasteiger partial charge in [0, 0.05) is 6.04 Å². The Hall–Kier alpha value is -2.10. The third-order valence-corrected chi connectivity index (χ3v) is 3.15. The summed E-state index contributed by atoms with van der Waals surface area (Å²) in [5.74, 6) is 0.342. The van der Waals surface area contributed by atoms with E-state index in [0.717, 1.165) is 17.4 Å². The smallest absolute Gasteiger partial charge is 0.382 e. The molecule has 1 aliphatic rings. The Balaban J connectivity index is 1.95. The maximum Gasteiger partial charge on any atom is 0.416 e. The zero-order chi connectivity index (χ0) is 15.2. The average molecular weight is 302 g/mol. The maximum absolute atomic E-state index is 12.4. The number of alkyl halides is 3. The SMILES string of the molecule is Nc1nc(NC2CC2)c2ncn(CC(O)C(F)(F)F)c2n1. The van der Waals surface area contributed by atoms with Gasteiger partial charge in [0.25, 0.3) is 0 Å². The Labute approximate surface area is 117 Å². The van der Waals surface area contributed by atoms with E-state index < -0.39 is 18.8 Å². The zero-order valence-corrected chi connectivity index (χ0v) is 10.8. The first-order valence-electron chi connectivity index (χ1n) is 6.34. The highest BCUT2D eigenvalue weighted by Crippen LogP contribution is 2.28. The number of imidazole rings is 1. The number of hydrogen-bond acceptors (Lipinski definition) is 6. The van der Waals surface area contributed by atoms with Crippen molar-refractivity contribution in [1.29, 1.82) is 0 Å². The van der Waals surface area contributed by atoms with Crippen LogP contribution in [0, 0.1) is 0 Å². The molecule has 2 aromatic rings. The van der Waals surface area contributed by atoms with Crippen LogP contribution < -0.4 is 11.1 Å². The van der Waals surface area contributed by atoms with Crippen molar-refractivity contribution < 1.29 is 18.3 Å². The number of aromatic nitrogens is 4. The van der Waals surface area contributed by atoms with E-state index in [1.807, 2.05) is 0 Å². The van der Waals surface area contributed by atoms with Gasteiger partial charge in [-0.05, 0) is 12.8 Å². The number of nitrogens with one attached hydrogen (secondary N) is 1. The van der Waals surface area contributed by atoms with Crippen LogP contribution in [0.15, 0.2) is 6.33 Å². The molecule has 0 spiro atoms. The van der Waals surface area contributed by atoms with Gasteiger partial charge >= 0.3 is 6.18 Å². The van der Waals surface area contributed by atoms with Crippen LogP contribution >= 0.6 is 0 Å². The summed E-state index contributed by atoms with van der Waals surface area (Å²) >= 11 is 0. The van der Waals surface area contributed by atoms with E-state index >= 15 is 0 Å². The van der Waals surface area contributed by atoms with Gasteiger partial charge in [-0.15, -0.1) is 0 Å². The van der Waals surface area contributed by atoms with Crippen LogP contribution in [-0.4, -0.2) is 42.9 Å². The van der Waals surface area contributed by atoms with Crippen molar-refractivity contribution in [3.05, 3.63) is 6.33 Å². The minimum Gasteiger partial charge on any atom is -0.382 e. The summed E-state index contributed by atoms with van der Waals surface area (Å²) in [5, 5.41) is 12.3. The fourth-order valence-corrected chi connectivity index (χ4v) is 1.91. The van der Waals surface area contributed by atoms with Crippen LogP contribution in [0.1, 0.15) is 12.8 Å². The number of nitrogens with zero attached hydrogens (tertiary/aromatic N) is 4. The number of aliphatic hydroxyl groups excluding tert-OH is 1. The summed E-state index contributed by atoms with van der Waals surface area (Å²) in [4.78, 5) is 11.9. The van der Waals surface area contributed by atoms with Gasteiger partial charge in [0.2, 0.25) is 5.95 Å². The molecule has 1 fully saturated rings. The van der Waals surface area contributed by atoms with Crippen LogP contribution in [0.4, 0.5) is 24.9 Å². The first-order valence-corrected chi connectivity index (χ1v) is 6.34. The molecule has 0 aromatic carbocycles. The van der Waals surface area contributed by atoms with Gasteiger partial charge in [-0.1, -0.05) is 0 Å². The van der Waals surface area contributed by atoms with E-state index in [1.165, 1.54) is 6.33 Å². The second-order valence-electron chi connectivity index (χ2n) is 4.98. The maximum atomic E-state index is 12.4. The second-order valence-corrected chi connectivity index (χ2v) is 4.98. The van der Waals surface area contributed by atoms with Gasteiger partial charge in [-0.3, -0.25) is 0 Å². The molecule has 114 valence electrons. The standard InChI is InChI=1S/C11H13F3N6O/c12-11(13,14)6(21)3-20-4-16-7-8(17-5-1-2-5)18-10(15)19-9(7)20/h4-6,21H,1-3H2,(H3,15,17,18,19). The minimum atomic E-state index is -4.70. The van der Waals surface area contributed by atoms with Crippen molar-refractivity contribution in [2.45, 2.75) is 37.7 Å². The molecule has 4 N–H and O–H groups in total. The van der Waals surface area contributed by atoms with Gasteiger partial charge in [0.05, 0.1) is 12.9 Å². The van der Waals surface area contributed by atoms with Crippen LogP contribution in [0.2, 0.25) is 0 Å². The Kier molecular flexibility index (Phi) is 3.12. The molecule has 7 nitrogen and oxygen atoms in total. The number of anilines is 2. The summed E-state index contributed by atoms with van der Waals surface area (Å²) in [7, 11) is 0. The van der Waals surface area contributed by atoms with Gasteiger partial charge in [-0.25, -0.2) is 4.98 Å². The molecule has 21 heavy (non-hydrogen) atoms. The Bertz CT molecular complexity index is 666. The van der Waals surface area contributed by atoms with Crippen molar-refractivity contribution in [3.63, 3.8) is 0 Å². The Morgan fingerprint density at radius 2 is 2.14 bits per heavy atom. The van der Waals surface area contributed by atoms with Crippen LogP contribution in [-0.2, 0) is 6.54 Å². The number of nitrogen functional groups attached to an aromatic ring is 1. The van der Waals surface area contributed by atoms with Crippen molar-refractivity contribution in [3.8, 4) is 0 Å². The molecule has 1 unspecified atom stereocenters. The summed E-state index contributed by atoms with van der Waals surface area (Å²) in [5.41, 5.74) is 6.08. The molecule has 1 saturated carbocycles. The highest BCUT2D eigenvalue weighted by atomic mass is 19.4. The number of rotatable bonds is 4. The molecule has 0 bridgehead atoms. The van der Waals surface area contributed by atoms with Crippen molar-refractivity contribution in [1.82, 2.24) is 19.5 Å². The van der Waals surface area contributed by atoms with Gasteiger partial charge < -0.3 is 20.7 Å². The number of halogens is 3. The summed E-state index contributed by atoms with van der Waals surface area (Å²) in [6.07, 6.45) is -4.01. The normalized spacial score (nSPS) is 17.1. The fourth-order valence-electron chi connectivity index (χ4n) is 1.91. The summed E-state index contributed by atoms with van der Waals surface area (Å²) in [6.45, 7) is -0.695. The first-order chi connectivity index (χ1) is 9.84. The molecule has 3 rings (SSSR count). The molecule has 0 saturated heterocycles. The third-order valence-electron chi connectivity index (χ3n) is 3.15. The molecule has 2 aromatic heterocycles. The second kappa shape index (κ2) is 4.72. The predicted octanol–water partition coefficient (Wildman–Crippen LogP) is 0.906. The highest BCUT2D eigenvalue weighted by Gasteiger charge is 2.38. The predicted molar refractivity (Wildman–Crippen MR) is 68.4 cm³/mol. The lowest BCUT2D eigenvalue weighted by Crippen LogP contribution is -2.32. The third kappa shape index (κ3) is 2.84. The monoisotopic (exact) mass is 302 g/mol. The van der Waals surface area contributed by atoms with E-state index in [-0.39, 0.29) is 17.6 Å². The summed E-state index contributed by atoms with van der Waals surface area (Å²) < 4.78 is 38.4. The molecule has 10 heteroatoms. The quantitative estimate of drug-likeness (QED) is 0.776. The lowest BCUT2D eigenvalue weighted by Gasteiger charge is -2.15. The van der Waals surface area contributed by atoms with Crippen LogP contribution in [0.25, 0.3) is 11.2 Å². The number of hydrogen-bond donors (Lipinski definition) is 3. The van der Waals surface area contributed by atoms with Crippen molar-refractivity contribution in [2.24, 2.45) is 0 Å².